The SMILES string of the molecule is N.P.c1cnc2c(c1)CCCCC2. The predicted octanol–water partition coefficient (Wildman–Crippen LogP) is 2.57. The summed E-state index contributed by atoms with van der Waals surface area (Å²) in [6.45, 7) is 0. The fourth-order valence-electron chi connectivity index (χ4n) is 1.71. The number of pyridine rings is 1. The highest BCUT2D eigenvalue weighted by atomic mass is 31.0. The van der Waals surface area contributed by atoms with Crippen LogP contribution >= 0.6 is 9.90 Å². The van der Waals surface area contributed by atoms with Gasteiger partial charge in [-0.05, 0) is 37.3 Å². The van der Waals surface area contributed by atoms with E-state index < -0.39 is 0 Å². The molecule has 2 rings (SSSR count). The minimum atomic E-state index is 0. The summed E-state index contributed by atoms with van der Waals surface area (Å²) < 4.78 is 0. The Hall–Kier alpha value is -0.460. The number of aromatic nitrogens is 1. The fourth-order valence-corrected chi connectivity index (χ4v) is 1.71. The Morgan fingerprint density at radius 3 is 2.69 bits per heavy atom. The smallest absolute Gasteiger partial charge is 0.0435 e. The average molecular weight is 198 g/mol. The van der Waals surface area contributed by atoms with Crippen molar-refractivity contribution in [1.82, 2.24) is 11.1 Å². The molecule has 2 nitrogen and oxygen atoms in total. The van der Waals surface area contributed by atoms with E-state index in [9.17, 15) is 0 Å². The summed E-state index contributed by atoms with van der Waals surface area (Å²) in [7, 11) is 0. The first-order valence-corrected chi connectivity index (χ1v) is 4.39. The summed E-state index contributed by atoms with van der Waals surface area (Å²) in [5, 5.41) is 0. The second-order valence-electron chi connectivity index (χ2n) is 3.17. The van der Waals surface area contributed by atoms with E-state index in [0.717, 1.165) is 0 Å². The van der Waals surface area contributed by atoms with Gasteiger partial charge in [-0.15, -0.1) is 0 Å². The van der Waals surface area contributed by atoms with Crippen molar-refractivity contribution in [2.45, 2.75) is 32.1 Å². The zero-order chi connectivity index (χ0) is 7.52. The first-order valence-electron chi connectivity index (χ1n) is 4.39. The Bertz CT molecular complexity index is 225. The van der Waals surface area contributed by atoms with Crippen molar-refractivity contribution in [3.05, 3.63) is 29.6 Å². The van der Waals surface area contributed by atoms with Crippen LogP contribution in [0.4, 0.5) is 0 Å². The summed E-state index contributed by atoms with van der Waals surface area (Å²) in [6.07, 6.45) is 8.38. The zero-order valence-corrected chi connectivity index (χ0v) is 9.54. The van der Waals surface area contributed by atoms with E-state index in [1.54, 1.807) is 0 Å². The predicted molar refractivity (Wildman–Crippen MR) is 61.6 cm³/mol. The van der Waals surface area contributed by atoms with Crippen molar-refractivity contribution in [3.8, 4) is 0 Å². The van der Waals surface area contributed by atoms with E-state index in [-0.39, 0.29) is 16.0 Å². The van der Waals surface area contributed by atoms with Gasteiger partial charge in [0.2, 0.25) is 0 Å². The Labute approximate surface area is 83.4 Å². The van der Waals surface area contributed by atoms with Crippen molar-refractivity contribution in [3.63, 3.8) is 0 Å². The molecule has 0 bridgehead atoms. The Morgan fingerprint density at radius 2 is 1.85 bits per heavy atom. The van der Waals surface area contributed by atoms with E-state index in [4.69, 9.17) is 0 Å². The van der Waals surface area contributed by atoms with Crippen LogP contribution in [0.15, 0.2) is 18.3 Å². The van der Waals surface area contributed by atoms with Crippen LogP contribution in [0.25, 0.3) is 0 Å². The minimum absolute atomic E-state index is 0. The normalized spacial score (nSPS) is 14.5. The van der Waals surface area contributed by atoms with Gasteiger partial charge in [0.25, 0.3) is 0 Å². The zero-order valence-electron chi connectivity index (χ0n) is 8.13. The van der Waals surface area contributed by atoms with Gasteiger partial charge in [0, 0.05) is 11.9 Å². The van der Waals surface area contributed by atoms with Crippen LogP contribution in [0.1, 0.15) is 30.5 Å². The molecule has 0 spiro atoms. The maximum atomic E-state index is 4.38. The van der Waals surface area contributed by atoms with E-state index in [1.807, 2.05) is 12.3 Å². The van der Waals surface area contributed by atoms with Gasteiger partial charge in [-0.3, -0.25) is 4.98 Å². The van der Waals surface area contributed by atoms with Gasteiger partial charge in [0.15, 0.2) is 0 Å². The summed E-state index contributed by atoms with van der Waals surface area (Å²) in [5.41, 5.74) is 2.81. The van der Waals surface area contributed by atoms with Gasteiger partial charge < -0.3 is 6.15 Å². The molecule has 1 atom stereocenters. The Balaban J connectivity index is 0.000000720. The monoisotopic (exact) mass is 198 g/mol. The summed E-state index contributed by atoms with van der Waals surface area (Å²) >= 11 is 0. The van der Waals surface area contributed by atoms with Crippen LogP contribution in [0.5, 0.6) is 0 Å². The lowest BCUT2D eigenvalue weighted by atomic mass is 10.1. The Morgan fingerprint density at radius 1 is 1.08 bits per heavy atom. The van der Waals surface area contributed by atoms with Gasteiger partial charge in [0.1, 0.15) is 0 Å². The van der Waals surface area contributed by atoms with Crippen LogP contribution in [-0.2, 0) is 12.8 Å². The number of nitrogens with zero attached hydrogens (tertiary/aromatic N) is 1. The van der Waals surface area contributed by atoms with Crippen molar-refractivity contribution >= 4 is 9.90 Å². The van der Waals surface area contributed by atoms with Crippen LogP contribution in [0.2, 0.25) is 0 Å². The van der Waals surface area contributed by atoms with Crippen LogP contribution in [0, 0.1) is 0 Å². The lowest BCUT2D eigenvalue weighted by molar-refractivity contribution is 0.708. The Kier molecular flexibility index (Phi) is 5.85. The molecule has 0 amide bonds. The molecule has 1 aromatic heterocycles. The second-order valence-corrected chi connectivity index (χ2v) is 3.17. The third-order valence-corrected chi connectivity index (χ3v) is 2.34. The third-order valence-electron chi connectivity index (χ3n) is 2.34. The molecule has 3 N–H and O–H groups in total. The molecular formula is C10H19N2P. The fraction of sp³-hybridized carbons (Fsp3) is 0.500. The van der Waals surface area contributed by atoms with Gasteiger partial charge in [-0.25, -0.2) is 0 Å². The number of rotatable bonds is 0. The number of aryl methyl sites for hydroxylation is 2. The quantitative estimate of drug-likeness (QED) is 0.514. The molecular weight excluding hydrogens is 179 g/mol. The van der Waals surface area contributed by atoms with E-state index in [0.29, 0.717) is 0 Å². The van der Waals surface area contributed by atoms with E-state index in [1.165, 1.54) is 43.4 Å². The van der Waals surface area contributed by atoms with E-state index >= 15 is 0 Å². The molecule has 0 fully saturated rings. The van der Waals surface area contributed by atoms with Gasteiger partial charge in [-0.2, -0.15) is 9.90 Å². The highest BCUT2D eigenvalue weighted by Gasteiger charge is 2.06. The van der Waals surface area contributed by atoms with Crippen molar-refractivity contribution in [2.75, 3.05) is 0 Å². The van der Waals surface area contributed by atoms with Gasteiger partial charge >= 0.3 is 0 Å². The maximum absolute atomic E-state index is 4.38. The molecule has 1 aliphatic rings. The topological polar surface area (TPSA) is 47.9 Å². The van der Waals surface area contributed by atoms with E-state index in [2.05, 4.69) is 11.1 Å². The maximum Gasteiger partial charge on any atom is 0.0435 e. The number of fused-ring (bicyclic) bond motifs is 1. The molecule has 0 saturated carbocycles. The first kappa shape index (κ1) is 12.5. The largest absolute Gasteiger partial charge is 0.344 e. The molecule has 1 aromatic rings. The second kappa shape index (κ2) is 6.06. The molecule has 74 valence electrons. The number of hydrogen-bond acceptors (Lipinski definition) is 2. The minimum Gasteiger partial charge on any atom is -0.344 e. The third kappa shape index (κ3) is 3.06. The molecule has 0 aromatic carbocycles. The van der Waals surface area contributed by atoms with Crippen LogP contribution in [0.3, 0.4) is 0 Å². The molecule has 0 aliphatic heterocycles. The molecule has 1 aliphatic carbocycles. The van der Waals surface area contributed by atoms with Crippen molar-refractivity contribution in [1.29, 1.82) is 0 Å². The number of hydrogen-bond donors (Lipinski definition) is 1. The highest BCUT2D eigenvalue weighted by Crippen LogP contribution is 2.17. The van der Waals surface area contributed by atoms with Crippen LogP contribution < -0.4 is 6.15 Å². The van der Waals surface area contributed by atoms with Gasteiger partial charge in [-0.1, -0.05) is 12.5 Å². The molecule has 0 radical (unpaired) electrons. The average Bonchev–Trinajstić information content (AvgIpc) is 2.28. The highest BCUT2D eigenvalue weighted by molar-refractivity contribution is 6.92. The summed E-state index contributed by atoms with van der Waals surface area (Å²) in [5.74, 6) is 0. The first-order chi connectivity index (χ1) is 5.47. The lowest BCUT2D eigenvalue weighted by Gasteiger charge is -2.01. The lowest BCUT2D eigenvalue weighted by Crippen LogP contribution is -1.92. The van der Waals surface area contributed by atoms with Gasteiger partial charge in [0.05, 0.1) is 0 Å². The van der Waals surface area contributed by atoms with Crippen molar-refractivity contribution < 1.29 is 0 Å². The van der Waals surface area contributed by atoms with Crippen molar-refractivity contribution in [2.24, 2.45) is 0 Å². The molecule has 13 heavy (non-hydrogen) atoms. The standard InChI is InChI=1S/C10H13N.H3N.H3P/c1-2-5-9-6-4-8-11-10(9)7-3-1;;/h4,6,8H,1-3,5,7H2;2*1H3. The molecule has 0 saturated heterocycles. The molecule has 1 heterocycles. The molecule has 1 unspecified atom stereocenters. The molecule has 3 heteroatoms. The summed E-state index contributed by atoms with van der Waals surface area (Å²) in [4.78, 5) is 4.38. The summed E-state index contributed by atoms with van der Waals surface area (Å²) in [6, 6.07) is 4.26. The van der Waals surface area contributed by atoms with Crippen LogP contribution in [-0.4, -0.2) is 4.98 Å².